The van der Waals surface area contributed by atoms with Crippen LogP contribution in [0, 0.1) is 16.7 Å². The monoisotopic (exact) mass is 277 g/mol. The van der Waals surface area contributed by atoms with Crippen molar-refractivity contribution in [2.24, 2.45) is 16.7 Å². The number of ether oxygens (including phenoxy) is 2. The maximum Gasteiger partial charge on any atom is 0.231 e. The molecule has 1 saturated carbocycles. The number of aromatic hydroxyl groups is 1. The van der Waals surface area contributed by atoms with Crippen LogP contribution in [0.2, 0.25) is 0 Å². The summed E-state index contributed by atoms with van der Waals surface area (Å²) in [5, 5.41) is 13.4. The van der Waals surface area contributed by atoms with Crippen LogP contribution >= 0.6 is 0 Å². The van der Waals surface area contributed by atoms with Gasteiger partial charge in [-0.25, -0.2) is 0 Å². The van der Waals surface area contributed by atoms with Gasteiger partial charge >= 0.3 is 0 Å². The van der Waals surface area contributed by atoms with Crippen LogP contribution in [0.4, 0.5) is 0 Å². The average molecular weight is 277 g/mol. The minimum Gasteiger partial charge on any atom is -0.507 e. The van der Waals surface area contributed by atoms with Gasteiger partial charge in [0.2, 0.25) is 6.79 Å². The van der Waals surface area contributed by atoms with E-state index in [0.29, 0.717) is 34.8 Å². The number of phenols is 1. The highest BCUT2D eigenvalue weighted by molar-refractivity contribution is 5.51. The zero-order chi connectivity index (χ0) is 14.5. The molecule has 0 atom stereocenters. The van der Waals surface area contributed by atoms with Crippen molar-refractivity contribution >= 4 is 0 Å². The maximum atomic E-state index is 9.99. The predicted molar refractivity (Wildman–Crippen MR) is 77.0 cm³/mol. The van der Waals surface area contributed by atoms with E-state index in [1.54, 1.807) is 6.07 Å². The van der Waals surface area contributed by atoms with Gasteiger partial charge in [-0.05, 0) is 29.4 Å². The van der Waals surface area contributed by atoms with Crippen LogP contribution in [-0.4, -0.2) is 18.4 Å². The maximum absolute atomic E-state index is 9.99. The second-order valence-electron chi connectivity index (χ2n) is 6.96. The van der Waals surface area contributed by atoms with Crippen molar-refractivity contribution in [3.63, 3.8) is 0 Å². The van der Waals surface area contributed by atoms with Crippen LogP contribution in [0.25, 0.3) is 0 Å². The molecule has 1 heterocycles. The van der Waals surface area contributed by atoms with Gasteiger partial charge in [0.25, 0.3) is 0 Å². The van der Waals surface area contributed by atoms with Crippen molar-refractivity contribution in [3.8, 4) is 17.2 Å². The van der Waals surface area contributed by atoms with E-state index in [2.05, 4.69) is 33.0 Å². The molecule has 0 spiro atoms. The van der Waals surface area contributed by atoms with E-state index in [9.17, 15) is 5.11 Å². The van der Waals surface area contributed by atoms with Crippen molar-refractivity contribution in [2.45, 2.75) is 34.2 Å². The Kier molecular flexibility index (Phi) is 2.91. The first-order valence-electron chi connectivity index (χ1n) is 7.16. The summed E-state index contributed by atoms with van der Waals surface area (Å²) in [6.07, 6.45) is 0. The van der Waals surface area contributed by atoms with E-state index in [-0.39, 0.29) is 12.5 Å². The number of fused-ring (bicyclic) bond motifs is 1. The van der Waals surface area contributed by atoms with Crippen LogP contribution < -0.4 is 14.8 Å². The molecule has 0 saturated heterocycles. The SMILES string of the molecule is CC1(C)C(CNCc2cc3c(cc2O)OCO3)C1(C)C. The fraction of sp³-hybridized carbons (Fsp3) is 0.625. The molecule has 0 aromatic heterocycles. The molecular formula is C16H23NO3. The van der Waals surface area contributed by atoms with Crippen molar-refractivity contribution in [1.29, 1.82) is 0 Å². The largest absolute Gasteiger partial charge is 0.507 e. The van der Waals surface area contributed by atoms with Gasteiger partial charge in [-0.3, -0.25) is 0 Å². The van der Waals surface area contributed by atoms with Gasteiger partial charge in [-0.15, -0.1) is 0 Å². The van der Waals surface area contributed by atoms with Crippen molar-refractivity contribution < 1.29 is 14.6 Å². The number of hydrogen-bond donors (Lipinski definition) is 2. The third-order valence-corrected chi connectivity index (χ3v) is 5.56. The minimum atomic E-state index is 0.232. The Labute approximate surface area is 120 Å². The quantitative estimate of drug-likeness (QED) is 0.888. The fourth-order valence-electron chi connectivity index (χ4n) is 3.31. The minimum absolute atomic E-state index is 0.232. The van der Waals surface area contributed by atoms with Gasteiger partial charge in [0, 0.05) is 18.2 Å². The zero-order valence-electron chi connectivity index (χ0n) is 12.6. The molecule has 0 unspecified atom stereocenters. The second kappa shape index (κ2) is 4.29. The lowest BCUT2D eigenvalue weighted by Gasteiger charge is -2.09. The van der Waals surface area contributed by atoms with Gasteiger partial charge in [-0.2, -0.15) is 0 Å². The first-order valence-corrected chi connectivity index (χ1v) is 7.16. The van der Waals surface area contributed by atoms with Crippen LogP contribution in [-0.2, 0) is 6.54 Å². The highest BCUT2D eigenvalue weighted by Gasteiger charge is 2.63. The van der Waals surface area contributed by atoms with Gasteiger partial charge in [0.1, 0.15) is 5.75 Å². The van der Waals surface area contributed by atoms with E-state index < -0.39 is 0 Å². The molecule has 1 fully saturated rings. The lowest BCUT2D eigenvalue weighted by Crippen LogP contribution is -2.18. The van der Waals surface area contributed by atoms with Gasteiger partial charge in [-0.1, -0.05) is 27.7 Å². The van der Waals surface area contributed by atoms with Crippen LogP contribution in [0.1, 0.15) is 33.3 Å². The zero-order valence-corrected chi connectivity index (χ0v) is 12.6. The summed E-state index contributed by atoms with van der Waals surface area (Å²) in [6, 6.07) is 3.48. The molecule has 4 heteroatoms. The molecule has 2 aliphatic rings. The Morgan fingerprint density at radius 2 is 1.75 bits per heavy atom. The molecule has 4 nitrogen and oxygen atoms in total. The molecule has 0 amide bonds. The van der Waals surface area contributed by atoms with Gasteiger partial charge in [0.15, 0.2) is 11.5 Å². The first kappa shape index (κ1) is 13.6. The van der Waals surface area contributed by atoms with E-state index in [4.69, 9.17) is 9.47 Å². The van der Waals surface area contributed by atoms with Crippen molar-refractivity contribution in [2.75, 3.05) is 13.3 Å². The van der Waals surface area contributed by atoms with E-state index in [1.807, 2.05) is 6.07 Å². The Morgan fingerprint density at radius 3 is 2.35 bits per heavy atom. The van der Waals surface area contributed by atoms with E-state index in [0.717, 1.165) is 12.1 Å². The van der Waals surface area contributed by atoms with Crippen LogP contribution in [0.3, 0.4) is 0 Å². The highest BCUT2D eigenvalue weighted by atomic mass is 16.7. The molecule has 0 radical (unpaired) electrons. The average Bonchev–Trinajstić information content (AvgIpc) is 2.71. The summed E-state index contributed by atoms with van der Waals surface area (Å²) >= 11 is 0. The van der Waals surface area contributed by atoms with Gasteiger partial charge < -0.3 is 19.9 Å². The molecule has 2 N–H and O–H groups in total. The highest BCUT2D eigenvalue weighted by Crippen LogP contribution is 2.67. The first-order chi connectivity index (χ1) is 9.34. The van der Waals surface area contributed by atoms with Gasteiger partial charge in [0.05, 0.1) is 0 Å². The number of phenolic OH excluding ortho intramolecular Hbond substituents is 1. The molecule has 110 valence electrons. The van der Waals surface area contributed by atoms with E-state index in [1.165, 1.54) is 0 Å². The number of nitrogens with one attached hydrogen (secondary N) is 1. The van der Waals surface area contributed by atoms with Crippen molar-refractivity contribution in [1.82, 2.24) is 5.32 Å². The lowest BCUT2D eigenvalue weighted by molar-refractivity contribution is 0.174. The summed E-state index contributed by atoms with van der Waals surface area (Å²) in [5.74, 6) is 2.27. The van der Waals surface area contributed by atoms with Crippen LogP contribution in [0.5, 0.6) is 17.2 Å². The lowest BCUT2D eigenvalue weighted by atomic mass is 10.0. The summed E-state index contributed by atoms with van der Waals surface area (Å²) < 4.78 is 10.6. The summed E-state index contributed by atoms with van der Waals surface area (Å²) in [6.45, 7) is 11.1. The topological polar surface area (TPSA) is 50.7 Å². The smallest absolute Gasteiger partial charge is 0.231 e. The summed E-state index contributed by atoms with van der Waals surface area (Å²) in [4.78, 5) is 0. The molecule has 20 heavy (non-hydrogen) atoms. The van der Waals surface area contributed by atoms with Crippen molar-refractivity contribution in [3.05, 3.63) is 17.7 Å². The third-order valence-electron chi connectivity index (χ3n) is 5.56. The predicted octanol–water partition coefficient (Wildman–Crippen LogP) is 2.89. The second-order valence-corrected chi connectivity index (χ2v) is 6.96. The summed E-state index contributed by atoms with van der Waals surface area (Å²) in [7, 11) is 0. The molecule has 1 aromatic carbocycles. The summed E-state index contributed by atoms with van der Waals surface area (Å²) in [5.41, 5.74) is 1.62. The standard InChI is InChI=1S/C16H23NO3/c1-15(2)14(16(15,3)4)8-17-7-10-5-12-13(6-11(10)18)20-9-19-12/h5-6,14,17-18H,7-9H2,1-4H3. The molecule has 1 aromatic rings. The third kappa shape index (κ3) is 1.94. The molecule has 3 rings (SSSR count). The molecular weight excluding hydrogens is 254 g/mol. The van der Waals surface area contributed by atoms with E-state index >= 15 is 0 Å². The Bertz CT molecular complexity index is 523. The molecule has 0 bridgehead atoms. The number of benzene rings is 1. The molecule has 1 aliphatic carbocycles. The molecule has 1 aliphatic heterocycles. The Balaban J connectivity index is 1.60. The normalized spacial score (nSPS) is 22.0. The number of hydrogen-bond acceptors (Lipinski definition) is 4. The van der Waals surface area contributed by atoms with Crippen LogP contribution in [0.15, 0.2) is 12.1 Å². The number of rotatable bonds is 4. The fourth-order valence-corrected chi connectivity index (χ4v) is 3.31. The Morgan fingerprint density at radius 1 is 1.15 bits per heavy atom. The Hall–Kier alpha value is -1.42.